The first-order chi connectivity index (χ1) is 7.13. The van der Waals surface area contributed by atoms with Gasteiger partial charge >= 0.3 is 0 Å². The number of halogens is 1. The normalized spacial score (nSPS) is 10.0. The molecular formula is C11H14FNO2. The number of rotatable bonds is 5. The molecule has 0 bridgehead atoms. The van der Waals surface area contributed by atoms with Crippen LogP contribution in [0.5, 0.6) is 5.75 Å². The van der Waals surface area contributed by atoms with Crippen LogP contribution in [0.2, 0.25) is 0 Å². The van der Waals surface area contributed by atoms with Gasteiger partial charge in [0, 0.05) is 0 Å². The number of carbonyl (C=O) groups excluding carboxylic acids is 1. The van der Waals surface area contributed by atoms with Crippen molar-refractivity contribution in [3.05, 3.63) is 29.6 Å². The topological polar surface area (TPSA) is 52.3 Å². The zero-order chi connectivity index (χ0) is 11.3. The van der Waals surface area contributed by atoms with Gasteiger partial charge in [0.05, 0.1) is 13.0 Å². The van der Waals surface area contributed by atoms with E-state index >= 15 is 0 Å². The molecule has 0 atom stereocenters. The molecule has 0 aliphatic carbocycles. The maximum Gasteiger partial charge on any atom is 0.221 e. The molecule has 0 aliphatic rings. The summed E-state index contributed by atoms with van der Waals surface area (Å²) in [5.74, 6) is -0.719. The van der Waals surface area contributed by atoms with Gasteiger partial charge in [-0.25, -0.2) is 4.39 Å². The summed E-state index contributed by atoms with van der Waals surface area (Å²) in [6, 6.07) is 4.43. The smallest absolute Gasteiger partial charge is 0.221 e. The van der Waals surface area contributed by atoms with Crippen molar-refractivity contribution in [2.24, 2.45) is 5.73 Å². The van der Waals surface area contributed by atoms with Crippen LogP contribution in [0.3, 0.4) is 0 Å². The van der Waals surface area contributed by atoms with Gasteiger partial charge in [-0.15, -0.1) is 0 Å². The van der Waals surface area contributed by atoms with Gasteiger partial charge in [0.25, 0.3) is 0 Å². The molecule has 0 aliphatic heterocycles. The average molecular weight is 211 g/mol. The van der Waals surface area contributed by atoms with Gasteiger partial charge in [-0.1, -0.05) is 13.0 Å². The lowest BCUT2D eigenvalue weighted by molar-refractivity contribution is -0.117. The van der Waals surface area contributed by atoms with Crippen molar-refractivity contribution in [1.29, 1.82) is 0 Å². The lowest BCUT2D eigenvalue weighted by atomic mass is 10.1. The molecule has 0 spiro atoms. The molecule has 1 rings (SSSR count). The summed E-state index contributed by atoms with van der Waals surface area (Å²) >= 11 is 0. The Hall–Kier alpha value is -1.58. The number of hydrogen-bond acceptors (Lipinski definition) is 2. The number of ether oxygens (including phenoxy) is 1. The fourth-order valence-corrected chi connectivity index (χ4v) is 1.18. The average Bonchev–Trinajstić information content (AvgIpc) is 2.15. The zero-order valence-electron chi connectivity index (χ0n) is 8.63. The van der Waals surface area contributed by atoms with Gasteiger partial charge in [0.15, 0.2) is 11.6 Å². The predicted molar refractivity (Wildman–Crippen MR) is 55.1 cm³/mol. The minimum absolute atomic E-state index is 0.0466. The molecule has 0 heterocycles. The standard InChI is InChI=1S/C11H14FNO2/c1-2-5-15-10-4-3-8(6-9(10)12)7-11(13)14/h3-4,6H,2,5,7H2,1H3,(H2,13,14). The van der Waals surface area contributed by atoms with E-state index in [0.29, 0.717) is 12.2 Å². The fourth-order valence-electron chi connectivity index (χ4n) is 1.18. The second kappa shape index (κ2) is 5.34. The monoisotopic (exact) mass is 211 g/mol. The molecule has 0 saturated carbocycles. The Kier molecular flexibility index (Phi) is 4.09. The van der Waals surface area contributed by atoms with E-state index in [9.17, 15) is 9.18 Å². The Labute approximate surface area is 88.0 Å². The summed E-state index contributed by atoms with van der Waals surface area (Å²) in [7, 11) is 0. The third-order valence-corrected chi connectivity index (χ3v) is 1.84. The molecule has 4 heteroatoms. The molecule has 82 valence electrons. The quantitative estimate of drug-likeness (QED) is 0.805. The molecule has 1 aromatic rings. The maximum atomic E-state index is 13.3. The van der Waals surface area contributed by atoms with Crippen LogP contribution in [0.4, 0.5) is 4.39 Å². The van der Waals surface area contributed by atoms with Gasteiger partial charge in [-0.05, 0) is 24.1 Å². The van der Waals surface area contributed by atoms with Crippen molar-refractivity contribution in [3.8, 4) is 5.75 Å². The minimum Gasteiger partial charge on any atom is -0.491 e. The lowest BCUT2D eigenvalue weighted by Gasteiger charge is -2.06. The third kappa shape index (κ3) is 3.58. The van der Waals surface area contributed by atoms with Crippen molar-refractivity contribution in [1.82, 2.24) is 0 Å². The molecule has 0 unspecified atom stereocenters. The minimum atomic E-state index is -0.475. The second-order valence-corrected chi connectivity index (χ2v) is 3.26. The van der Waals surface area contributed by atoms with Crippen molar-refractivity contribution in [3.63, 3.8) is 0 Å². The van der Waals surface area contributed by atoms with Crippen LogP contribution >= 0.6 is 0 Å². The maximum absolute atomic E-state index is 13.3. The first-order valence-electron chi connectivity index (χ1n) is 4.83. The van der Waals surface area contributed by atoms with Gasteiger partial charge in [-0.3, -0.25) is 4.79 Å². The first-order valence-corrected chi connectivity index (χ1v) is 4.83. The van der Waals surface area contributed by atoms with Crippen LogP contribution in [0.15, 0.2) is 18.2 Å². The number of hydrogen-bond donors (Lipinski definition) is 1. The van der Waals surface area contributed by atoms with Gasteiger partial charge in [0.1, 0.15) is 0 Å². The molecule has 1 aromatic carbocycles. The summed E-state index contributed by atoms with van der Waals surface area (Å²) in [6.45, 7) is 2.42. The van der Waals surface area contributed by atoms with E-state index in [1.165, 1.54) is 12.1 Å². The van der Waals surface area contributed by atoms with E-state index in [2.05, 4.69) is 0 Å². The van der Waals surface area contributed by atoms with Crippen molar-refractivity contribution in [2.45, 2.75) is 19.8 Å². The highest BCUT2D eigenvalue weighted by Gasteiger charge is 2.05. The number of amides is 1. The summed E-state index contributed by atoms with van der Waals surface area (Å²) in [5.41, 5.74) is 5.56. The molecule has 3 nitrogen and oxygen atoms in total. The molecular weight excluding hydrogens is 197 g/mol. The SMILES string of the molecule is CCCOc1ccc(CC(N)=O)cc1F. The van der Waals surface area contributed by atoms with Gasteiger partial charge < -0.3 is 10.5 Å². The van der Waals surface area contributed by atoms with Crippen LogP contribution in [0.1, 0.15) is 18.9 Å². The summed E-state index contributed by atoms with van der Waals surface area (Å²) < 4.78 is 18.5. The van der Waals surface area contributed by atoms with Crippen molar-refractivity contribution in [2.75, 3.05) is 6.61 Å². The zero-order valence-corrected chi connectivity index (χ0v) is 8.63. The summed E-state index contributed by atoms with van der Waals surface area (Å²) in [6.07, 6.45) is 0.869. The van der Waals surface area contributed by atoms with E-state index in [4.69, 9.17) is 10.5 Å². The number of carbonyl (C=O) groups is 1. The number of nitrogens with two attached hydrogens (primary N) is 1. The Balaban J connectivity index is 2.74. The molecule has 15 heavy (non-hydrogen) atoms. The molecule has 0 radical (unpaired) electrons. The van der Waals surface area contributed by atoms with Gasteiger partial charge in [-0.2, -0.15) is 0 Å². The Morgan fingerprint density at radius 1 is 1.53 bits per heavy atom. The fraction of sp³-hybridized carbons (Fsp3) is 0.364. The second-order valence-electron chi connectivity index (χ2n) is 3.26. The molecule has 0 aromatic heterocycles. The Morgan fingerprint density at radius 2 is 2.27 bits per heavy atom. The van der Waals surface area contributed by atoms with Crippen molar-refractivity contribution >= 4 is 5.91 Å². The Morgan fingerprint density at radius 3 is 2.80 bits per heavy atom. The highest BCUT2D eigenvalue weighted by Crippen LogP contribution is 2.18. The van der Waals surface area contributed by atoms with Crippen LogP contribution in [-0.4, -0.2) is 12.5 Å². The summed E-state index contributed by atoms with van der Waals surface area (Å²) in [4.78, 5) is 10.6. The van der Waals surface area contributed by atoms with E-state index in [0.717, 1.165) is 6.42 Å². The molecule has 2 N–H and O–H groups in total. The highest BCUT2D eigenvalue weighted by atomic mass is 19.1. The van der Waals surface area contributed by atoms with Crippen LogP contribution in [-0.2, 0) is 11.2 Å². The van der Waals surface area contributed by atoms with Crippen molar-refractivity contribution < 1.29 is 13.9 Å². The van der Waals surface area contributed by atoms with E-state index in [1.54, 1.807) is 6.07 Å². The first kappa shape index (κ1) is 11.5. The summed E-state index contributed by atoms with van der Waals surface area (Å²) in [5, 5.41) is 0. The van der Waals surface area contributed by atoms with E-state index in [-0.39, 0.29) is 12.2 Å². The van der Waals surface area contributed by atoms with Crippen LogP contribution < -0.4 is 10.5 Å². The Bertz CT molecular complexity index is 352. The van der Waals surface area contributed by atoms with Gasteiger partial charge in [0.2, 0.25) is 5.91 Å². The molecule has 0 fully saturated rings. The van der Waals surface area contributed by atoms with E-state index < -0.39 is 11.7 Å². The highest BCUT2D eigenvalue weighted by molar-refractivity contribution is 5.76. The predicted octanol–water partition coefficient (Wildman–Crippen LogP) is 1.64. The van der Waals surface area contributed by atoms with Crippen LogP contribution in [0.25, 0.3) is 0 Å². The largest absolute Gasteiger partial charge is 0.491 e. The molecule has 0 saturated heterocycles. The lowest BCUT2D eigenvalue weighted by Crippen LogP contribution is -2.13. The van der Waals surface area contributed by atoms with E-state index in [1.807, 2.05) is 6.92 Å². The number of benzene rings is 1. The third-order valence-electron chi connectivity index (χ3n) is 1.84. The number of primary amides is 1. The molecule has 1 amide bonds. The van der Waals surface area contributed by atoms with Crippen LogP contribution in [0, 0.1) is 5.82 Å².